The first-order chi connectivity index (χ1) is 17.9. The fraction of sp³-hybridized carbons (Fsp3) is 0.269. The lowest BCUT2D eigenvalue weighted by Gasteiger charge is -2.37. The summed E-state index contributed by atoms with van der Waals surface area (Å²) in [6.07, 6.45) is 2.19. The number of hydrogen-bond donors (Lipinski definition) is 4. The summed E-state index contributed by atoms with van der Waals surface area (Å²) in [5.74, 6) is 1.09. The Morgan fingerprint density at radius 2 is 2.00 bits per heavy atom. The van der Waals surface area contributed by atoms with Gasteiger partial charge < -0.3 is 20.1 Å². The molecule has 2 amide bonds. The van der Waals surface area contributed by atoms with E-state index in [1.54, 1.807) is 22.9 Å². The van der Waals surface area contributed by atoms with Crippen molar-refractivity contribution in [2.75, 3.05) is 23.7 Å². The molecule has 11 nitrogen and oxygen atoms in total. The average Bonchev–Trinajstić information content (AvgIpc) is 3.60. The maximum absolute atomic E-state index is 13.0. The Hall–Kier alpha value is -4.35. The number of nitrogens with one attached hydrogen (secondary N) is 4. The van der Waals surface area contributed by atoms with E-state index in [2.05, 4.69) is 32.5 Å². The van der Waals surface area contributed by atoms with Crippen LogP contribution in [0.4, 0.5) is 11.5 Å². The van der Waals surface area contributed by atoms with Gasteiger partial charge in [0.15, 0.2) is 17.8 Å². The third kappa shape index (κ3) is 4.50. The second-order valence-corrected chi connectivity index (χ2v) is 9.25. The first-order valence-electron chi connectivity index (χ1n) is 12.1. The summed E-state index contributed by atoms with van der Waals surface area (Å²) >= 11 is 0. The predicted octanol–water partition coefficient (Wildman–Crippen LogP) is 2.02. The number of carbonyl (C=O) groups excluding carboxylic acids is 2. The van der Waals surface area contributed by atoms with E-state index in [0.29, 0.717) is 29.6 Å². The summed E-state index contributed by atoms with van der Waals surface area (Å²) in [6.45, 7) is 4.57. The topological polar surface area (TPSA) is 122 Å². The van der Waals surface area contributed by atoms with Crippen molar-refractivity contribution in [3.8, 4) is 11.5 Å². The Bertz CT molecular complexity index is 1400. The summed E-state index contributed by atoms with van der Waals surface area (Å²) in [4.78, 5) is 25.8. The lowest BCUT2D eigenvalue weighted by molar-refractivity contribution is -0.129. The average molecular weight is 502 g/mol. The molecule has 11 heteroatoms. The van der Waals surface area contributed by atoms with Crippen molar-refractivity contribution in [1.82, 2.24) is 25.8 Å². The normalized spacial score (nSPS) is 22.3. The molecule has 4 heterocycles. The third-order valence-electron chi connectivity index (χ3n) is 6.54. The van der Waals surface area contributed by atoms with Gasteiger partial charge in [0.1, 0.15) is 12.0 Å². The zero-order valence-electron chi connectivity index (χ0n) is 20.4. The molecule has 0 aliphatic carbocycles. The van der Waals surface area contributed by atoms with Crippen LogP contribution in [-0.2, 0) is 9.59 Å². The van der Waals surface area contributed by atoms with Crippen LogP contribution < -0.4 is 35.9 Å². The molecule has 0 radical (unpaired) electrons. The number of benzene rings is 2. The number of amides is 2. The molecule has 2 fully saturated rings. The van der Waals surface area contributed by atoms with Crippen molar-refractivity contribution in [1.29, 1.82) is 0 Å². The van der Waals surface area contributed by atoms with Crippen LogP contribution in [0.2, 0.25) is 0 Å². The zero-order chi connectivity index (χ0) is 25.5. The van der Waals surface area contributed by atoms with Crippen LogP contribution in [0.5, 0.6) is 11.5 Å². The molecule has 3 aliphatic rings. The number of aromatic nitrogens is 2. The highest BCUT2D eigenvalue weighted by molar-refractivity contribution is 6.01. The quantitative estimate of drug-likeness (QED) is 0.392. The SMILES string of the molecule is Cc1cccc(N2NCC3C(=O)NC(n4nc(C)cc4NC(=O)/C=C/c4ccc5c(c4)OCO5)NC32)c1. The standard InChI is InChI=1S/C26H27N7O4/c1-15-4-3-5-18(10-15)32-24-19(13-27-32)25(35)30-26(29-24)33-22(11-16(2)31-33)28-23(34)9-7-17-6-8-20-21(12-17)37-14-36-20/h3-12,19,24,26-27,29H,13-14H2,1-2H3,(H,28,34)(H,30,35)/b9-7+. The molecule has 3 unspecified atom stereocenters. The minimum absolute atomic E-state index is 0.0930. The molecule has 3 atom stereocenters. The van der Waals surface area contributed by atoms with Gasteiger partial charge in [-0.25, -0.2) is 10.1 Å². The van der Waals surface area contributed by atoms with E-state index < -0.39 is 6.29 Å². The number of aryl methyl sites for hydroxylation is 2. The molecule has 4 N–H and O–H groups in total. The smallest absolute Gasteiger partial charge is 0.249 e. The largest absolute Gasteiger partial charge is 0.454 e. The number of anilines is 2. The van der Waals surface area contributed by atoms with Gasteiger partial charge in [-0.3, -0.25) is 19.9 Å². The van der Waals surface area contributed by atoms with E-state index in [1.807, 2.05) is 49.2 Å². The summed E-state index contributed by atoms with van der Waals surface area (Å²) < 4.78 is 12.3. The molecular weight excluding hydrogens is 474 g/mol. The van der Waals surface area contributed by atoms with Gasteiger partial charge in [-0.2, -0.15) is 5.10 Å². The van der Waals surface area contributed by atoms with Gasteiger partial charge in [0.2, 0.25) is 18.6 Å². The molecule has 3 aromatic rings. The van der Waals surface area contributed by atoms with Crippen molar-refractivity contribution < 1.29 is 19.1 Å². The lowest BCUT2D eigenvalue weighted by Crippen LogP contribution is -2.61. The number of ether oxygens (including phenoxy) is 2. The van der Waals surface area contributed by atoms with Crippen LogP contribution in [-0.4, -0.2) is 41.1 Å². The Kier molecular flexibility index (Phi) is 5.78. The summed E-state index contributed by atoms with van der Waals surface area (Å²) in [6, 6.07) is 15.3. The van der Waals surface area contributed by atoms with Gasteiger partial charge in [0.05, 0.1) is 17.3 Å². The Balaban J connectivity index is 1.19. The van der Waals surface area contributed by atoms with E-state index in [-0.39, 0.29) is 30.7 Å². The molecule has 190 valence electrons. The van der Waals surface area contributed by atoms with Crippen LogP contribution in [0.1, 0.15) is 23.1 Å². The summed E-state index contributed by atoms with van der Waals surface area (Å²) in [5.41, 5.74) is 6.93. The molecule has 37 heavy (non-hydrogen) atoms. The second kappa shape index (κ2) is 9.26. The number of hydrogen-bond acceptors (Lipinski definition) is 8. The predicted molar refractivity (Wildman–Crippen MR) is 136 cm³/mol. The number of rotatable bonds is 5. The minimum Gasteiger partial charge on any atom is -0.454 e. The van der Waals surface area contributed by atoms with Crippen molar-refractivity contribution in [3.63, 3.8) is 0 Å². The first-order valence-corrected chi connectivity index (χ1v) is 12.1. The third-order valence-corrected chi connectivity index (χ3v) is 6.54. The minimum atomic E-state index is -0.650. The van der Waals surface area contributed by atoms with Gasteiger partial charge >= 0.3 is 0 Å². The summed E-state index contributed by atoms with van der Waals surface area (Å²) in [5, 5.41) is 15.9. The maximum atomic E-state index is 13.0. The molecule has 0 saturated carbocycles. The highest BCUT2D eigenvalue weighted by Crippen LogP contribution is 2.33. The Morgan fingerprint density at radius 1 is 1.14 bits per heavy atom. The van der Waals surface area contributed by atoms with E-state index in [9.17, 15) is 9.59 Å². The molecule has 2 aromatic carbocycles. The van der Waals surface area contributed by atoms with Gasteiger partial charge in [0.25, 0.3) is 0 Å². The maximum Gasteiger partial charge on any atom is 0.249 e. The molecule has 6 rings (SSSR count). The number of nitrogens with zero attached hydrogens (tertiary/aromatic N) is 3. The molecule has 2 saturated heterocycles. The van der Waals surface area contributed by atoms with E-state index in [4.69, 9.17) is 9.47 Å². The molecular formula is C26H27N7O4. The number of fused-ring (bicyclic) bond motifs is 2. The van der Waals surface area contributed by atoms with Gasteiger partial charge in [-0.05, 0) is 55.3 Å². The highest BCUT2D eigenvalue weighted by Gasteiger charge is 2.45. The van der Waals surface area contributed by atoms with Crippen LogP contribution in [0.25, 0.3) is 6.08 Å². The van der Waals surface area contributed by atoms with Gasteiger partial charge in [0, 0.05) is 18.7 Å². The molecule has 0 spiro atoms. The van der Waals surface area contributed by atoms with Crippen molar-refractivity contribution >= 4 is 29.4 Å². The van der Waals surface area contributed by atoms with Crippen molar-refractivity contribution in [2.24, 2.45) is 5.92 Å². The summed E-state index contributed by atoms with van der Waals surface area (Å²) in [7, 11) is 0. The number of carbonyl (C=O) groups is 2. The Morgan fingerprint density at radius 3 is 2.86 bits per heavy atom. The Labute approximate surface area is 213 Å². The van der Waals surface area contributed by atoms with Crippen LogP contribution >= 0.6 is 0 Å². The van der Waals surface area contributed by atoms with E-state index in [0.717, 1.165) is 16.8 Å². The molecule has 3 aliphatic heterocycles. The van der Waals surface area contributed by atoms with E-state index >= 15 is 0 Å². The van der Waals surface area contributed by atoms with E-state index in [1.165, 1.54) is 6.08 Å². The molecule has 0 bridgehead atoms. The van der Waals surface area contributed by atoms with Gasteiger partial charge in [-0.15, -0.1) is 0 Å². The number of hydrazine groups is 1. The second-order valence-electron chi connectivity index (χ2n) is 9.25. The monoisotopic (exact) mass is 501 g/mol. The van der Waals surface area contributed by atoms with Crippen molar-refractivity contribution in [3.05, 3.63) is 71.4 Å². The van der Waals surface area contributed by atoms with Crippen LogP contribution in [0.3, 0.4) is 0 Å². The fourth-order valence-electron chi connectivity index (χ4n) is 4.78. The molecule has 1 aromatic heterocycles. The first kappa shape index (κ1) is 23.1. The lowest BCUT2D eigenvalue weighted by atomic mass is 10.0. The van der Waals surface area contributed by atoms with Crippen LogP contribution in [0.15, 0.2) is 54.6 Å². The fourth-order valence-corrected chi connectivity index (χ4v) is 4.78. The van der Waals surface area contributed by atoms with Gasteiger partial charge in [-0.1, -0.05) is 18.2 Å². The van der Waals surface area contributed by atoms with Crippen molar-refractivity contribution in [2.45, 2.75) is 26.3 Å². The van der Waals surface area contributed by atoms with Crippen LogP contribution in [0, 0.1) is 19.8 Å². The highest BCUT2D eigenvalue weighted by atomic mass is 16.7. The zero-order valence-corrected chi connectivity index (χ0v) is 20.4.